The third-order valence-corrected chi connectivity index (χ3v) is 6.65. The lowest BCUT2D eigenvalue weighted by Crippen LogP contribution is -1.98. The molecule has 0 fully saturated rings. The Morgan fingerprint density at radius 3 is 2.47 bits per heavy atom. The molecule has 7 aromatic rings. The van der Waals surface area contributed by atoms with E-state index in [1.165, 1.54) is 5.39 Å². The smallest absolute Gasteiger partial charge is 0.219 e. The summed E-state index contributed by atoms with van der Waals surface area (Å²) >= 11 is 0. The van der Waals surface area contributed by atoms with Crippen molar-refractivity contribution in [1.82, 2.24) is 14.5 Å². The Morgan fingerprint density at radius 1 is 0.722 bits per heavy atom. The number of phenolic OH excluding ortho intramolecular Hbond substituents is 1. The Labute approximate surface area is 206 Å². The number of rotatable bonds is 3. The van der Waals surface area contributed by atoms with Gasteiger partial charge in [0.15, 0.2) is 0 Å². The van der Waals surface area contributed by atoms with E-state index in [1.807, 2.05) is 48.5 Å². The SMILES string of the molecule is Cc1cc(Oc2ccc3cccc(O)c3n2)cc2c1c1ccccc1n2-c1ccc2ccccc2n1. The molecule has 1 N–H and O–H groups in total. The number of para-hydroxylation sites is 3. The summed E-state index contributed by atoms with van der Waals surface area (Å²) in [5.41, 5.74) is 4.66. The van der Waals surface area contributed by atoms with Crippen LogP contribution in [0.4, 0.5) is 0 Å². The summed E-state index contributed by atoms with van der Waals surface area (Å²) in [5, 5.41) is 14.5. The minimum atomic E-state index is 0.132. The number of benzene rings is 4. The standard InChI is InChI=1S/C31H21N3O2/c1-19-17-22(36-29-16-14-21-8-6-12-27(35)31(21)33-29)18-26-30(19)23-9-3-5-11-25(23)34(26)28-15-13-20-7-2-4-10-24(20)32-28/h2-18,35H,1H3. The minimum Gasteiger partial charge on any atom is -0.506 e. The van der Waals surface area contributed by atoms with E-state index in [9.17, 15) is 5.11 Å². The Morgan fingerprint density at radius 2 is 1.53 bits per heavy atom. The first-order valence-electron chi connectivity index (χ1n) is 11.8. The molecule has 0 saturated heterocycles. The fourth-order valence-electron chi connectivity index (χ4n) is 5.05. The fraction of sp³-hybridized carbons (Fsp3) is 0.0323. The van der Waals surface area contributed by atoms with Crippen molar-refractivity contribution in [3.8, 4) is 23.2 Å². The normalized spacial score (nSPS) is 11.6. The molecule has 0 unspecified atom stereocenters. The molecule has 0 aliphatic rings. The molecule has 0 amide bonds. The molecule has 172 valence electrons. The first kappa shape index (κ1) is 20.5. The van der Waals surface area contributed by atoms with E-state index in [0.29, 0.717) is 17.1 Å². The van der Waals surface area contributed by atoms with Gasteiger partial charge in [-0.1, -0.05) is 48.5 Å². The maximum absolute atomic E-state index is 10.2. The summed E-state index contributed by atoms with van der Waals surface area (Å²) in [5.74, 6) is 2.08. The lowest BCUT2D eigenvalue weighted by atomic mass is 10.1. The van der Waals surface area contributed by atoms with Crippen LogP contribution in [-0.2, 0) is 0 Å². The van der Waals surface area contributed by atoms with Crippen LogP contribution in [0.25, 0.3) is 49.4 Å². The Bertz CT molecular complexity index is 1960. The number of nitrogens with zero attached hydrogens (tertiary/aromatic N) is 3. The second kappa shape index (κ2) is 7.82. The van der Waals surface area contributed by atoms with E-state index in [4.69, 9.17) is 9.72 Å². The van der Waals surface area contributed by atoms with E-state index in [1.54, 1.807) is 12.1 Å². The monoisotopic (exact) mass is 467 g/mol. The molecule has 5 heteroatoms. The number of hydrogen-bond donors (Lipinski definition) is 1. The number of phenols is 1. The predicted molar refractivity (Wildman–Crippen MR) is 144 cm³/mol. The van der Waals surface area contributed by atoms with E-state index in [0.717, 1.165) is 44.1 Å². The number of aryl methyl sites for hydroxylation is 1. The zero-order valence-corrected chi connectivity index (χ0v) is 19.5. The van der Waals surface area contributed by atoms with Crippen molar-refractivity contribution in [3.63, 3.8) is 0 Å². The molecule has 0 saturated carbocycles. The van der Waals surface area contributed by atoms with Crippen LogP contribution in [0, 0.1) is 6.92 Å². The summed E-state index contributed by atoms with van der Waals surface area (Å²) in [7, 11) is 0. The average Bonchev–Trinajstić information content (AvgIpc) is 3.23. The molecule has 0 aliphatic heterocycles. The number of ether oxygens (including phenoxy) is 1. The highest BCUT2D eigenvalue weighted by atomic mass is 16.5. The number of hydrogen-bond acceptors (Lipinski definition) is 4. The molecule has 3 aromatic heterocycles. The maximum atomic E-state index is 10.2. The topological polar surface area (TPSA) is 60.2 Å². The van der Waals surface area contributed by atoms with E-state index < -0.39 is 0 Å². The maximum Gasteiger partial charge on any atom is 0.219 e. The van der Waals surface area contributed by atoms with Crippen LogP contribution in [0.5, 0.6) is 17.4 Å². The second-order valence-corrected chi connectivity index (χ2v) is 8.95. The van der Waals surface area contributed by atoms with Crippen LogP contribution in [-0.4, -0.2) is 19.6 Å². The van der Waals surface area contributed by atoms with Crippen LogP contribution in [0.1, 0.15) is 5.56 Å². The van der Waals surface area contributed by atoms with E-state index in [-0.39, 0.29) is 5.75 Å². The van der Waals surface area contributed by atoms with Gasteiger partial charge >= 0.3 is 0 Å². The molecular formula is C31H21N3O2. The lowest BCUT2D eigenvalue weighted by molar-refractivity contribution is 0.460. The van der Waals surface area contributed by atoms with Crippen LogP contribution in [0.15, 0.2) is 103 Å². The van der Waals surface area contributed by atoms with Crippen molar-refractivity contribution in [3.05, 3.63) is 109 Å². The van der Waals surface area contributed by atoms with Gasteiger partial charge in [-0.15, -0.1) is 0 Å². The van der Waals surface area contributed by atoms with Gasteiger partial charge in [0.25, 0.3) is 0 Å². The van der Waals surface area contributed by atoms with Gasteiger partial charge in [0.2, 0.25) is 5.88 Å². The summed E-state index contributed by atoms with van der Waals surface area (Å²) in [6, 6.07) is 33.8. The molecule has 36 heavy (non-hydrogen) atoms. The molecule has 0 aliphatic carbocycles. The molecule has 0 atom stereocenters. The van der Waals surface area contributed by atoms with Gasteiger partial charge in [0.05, 0.1) is 16.6 Å². The van der Waals surface area contributed by atoms with Gasteiger partial charge in [0.1, 0.15) is 22.8 Å². The molecule has 4 aromatic carbocycles. The molecule has 3 heterocycles. The lowest BCUT2D eigenvalue weighted by Gasteiger charge is -2.11. The molecule has 0 radical (unpaired) electrons. The van der Waals surface area contributed by atoms with Crippen molar-refractivity contribution in [2.24, 2.45) is 0 Å². The van der Waals surface area contributed by atoms with Gasteiger partial charge < -0.3 is 9.84 Å². The Kier molecular flexibility index (Phi) is 4.45. The third kappa shape index (κ3) is 3.17. The first-order valence-corrected chi connectivity index (χ1v) is 11.8. The fourth-order valence-corrected chi connectivity index (χ4v) is 5.05. The number of pyridine rings is 2. The zero-order valence-electron chi connectivity index (χ0n) is 19.5. The van der Waals surface area contributed by atoms with Crippen molar-refractivity contribution in [1.29, 1.82) is 0 Å². The molecule has 0 spiro atoms. The van der Waals surface area contributed by atoms with E-state index >= 15 is 0 Å². The Balaban J connectivity index is 1.44. The van der Waals surface area contributed by atoms with Crippen molar-refractivity contribution in [2.45, 2.75) is 6.92 Å². The number of fused-ring (bicyclic) bond motifs is 5. The summed E-state index contributed by atoms with van der Waals surface area (Å²) in [4.78, 5) is 9.53. The number of aromatic nitrogens is 3. The Hall–Kier alpha value is -4.90. The highest BCUT2D eigenvalue weighted by Crippen LogP contribution is 2.37. The van der Waals surface area contributed by atoms with Crippen molar-refractivity contribution < 1.29 is 9.84 Å². The third-order valence-electron chi connectivity index (χ3n) is 6.65. The van der Waals surface area contributed by atoms with Crippen molar-refractivity contribution in [2.75, 3.05) is 0 Å². The van der Waals surface area contributed by atoms with Crippen LogP contribution >= 0.6 is 0 Å². The summed E-state index contributed by atoms with van der Waals surface area (Å²) in [6.45, 7) is 2.10. The molecule has 0 bridgehead atoms. The molecular weight excluding hydrogens is 446 g/mol. The highest BCUT2D eigenvalue weighted by molar-refractivity contribution is 6.11. The van der Waals surface area contributed by atoms with Crippen LogP contribution in [0.2, 0.25) is 0 Å². The minimum absolute atomic E-state index is 0.132. The van der Waals surface area contributed by atoms with Crippen LogP contribution in [0.3, 0.4) is 0 Å². The van der Waals surface area contributed by atoms with E-state index in [2.05, 4.69) is 58.9 Å². The zero-order chi connectivity index (χ0) is 24.2. The average molecular weight is 468 g/mol. The van der Waals surface area contributed by atoms with Gasteiger partial charge in [0, 0.05) is 33.7 Å². The van der Waals surface area contributed by atoms with Crippen LogP contribution < -0.4 is 4.74 Å². The van der Waals surface area contributed by atoms with Gasteiger partial charge in [-0.25, -0.2) is 9.97 Å². The van der Waals surface area contributed by atoms with Gasteiger partial charge in [-0.05, 0) is 55.0 Å². The summed E-state index contributed by atoms with van der Waals surface area (Å²) in [6.07, 6.45) is 0. The first-order chi connectivity index (χ1) is 17.7. The van der Waals surface area contributed by atoms with Gasteiger partial charge in [-0.3, -0.25) is 4.57 Å². The van der Waals surface area contributed by atoms with Crippen molar-refractivity contribution >= 4 is 43.6 Å². The predicted octanol–water partition coefficient (Wildman–Crippen LogP) is 7.69. The quantitative estimate of drug-likeness (QED) is 0.289. The molecule has 5 nitrogen and oxygen atoms in total. The molecule has 7 rings (SSSR count). The number of aromatic hydroxyl groups is 1. The highest BCUT2D eigenvalue weighted by Gasteiger charge is 2.17. The second-order valence-electron chi connectivity index (χ2n) is 8.95. The largest absolute Gasteiger partial charge is 0.506 e. The summed E-state index contributed by atoms with van der Waals surface area (Å²) < 4.78 is 8.42. The van der Waals surface area contributed by atoms with Gasteiger partial charge in [-0.2, -0.15) is 0 Å².